The van der Waals surface area contributed by atoms with Gasteiger partial charge in [-0.2, -0.15) is 0 Å². The van der Waals surface area contributed by atoms with E-state index in [1.54, 1.807) is 23.1 Å². The average molecular weight is 372 g/mol. The number of para-hydroxylation sites is 1. The summed E-state index contributed by atoms with van der Waals surface area (Å²) in [6.45, 7) is 4.67. The summed E-state index contributed by atoms with van der Waals surface area (Å²) < 4.78 is 0. The highest BCUT2D eigenvalue weighted by molar-refractivity contribution is 6.31. The molecule has 2 aromatic rings. The molecule has 6 heteroatoms. The van der Waals surface area contributed by atoms with Gasteiger partial charge in [-0.25, -0.2) is 0 Å². The Hall–Kier alpha value is -2.37. The molecule has 0 saturated heterocycles. The van der Waals surface area contributed by atoms with E-state index >= 15 is 0 Å². The van der Waals surface area contributed by atoms with Crippen molar-refractivity contribution in [1.82, 2.24) is 0 Å². The van der Waals surface area contributed by atoms with Gasteiger partial charge in [-0.1, -0.05) is 43.6 Å². The first-order valence-electron chi connectivity index (χ1n) is 8.65. The standard InChI is InChI=1S/C20H22ClN3O2/c1-13(2)10-11-23-16-9-8-14(21)12-17(16)24(15-6-4-3-5-7-15)20(26)18(22)19(23)25/h3-9,12-13,18H,10-11,22H2,1-2H3. The Morgan fingerprint density at radius 3 is 2.38 bits per heavy atom. The number of anilines is 3. The first-order valence-corrected chi connectivity index (χ1v) is 9.03. The zero-order chi connectivity index (χ0) is 18.8. The first kappa shape index (κ1) is 18.4. The Kier molecular flexibility index (Phi) is 5.30. The van der Waals surface area contributed by atoms with Gasteiger partial charge >= 0.3 is 0 Å². The lowest BCUT2D eigenvalue weighted by Crippen LogP contribution is -2.50. The number of halogens is 1. The third-order valence-corrected chi connectivity index (χ3v) is 4.67. The van der Waals surface area contributed by atoms with Crippen LogP contribution in [0.1, 0.15) is 20.3 Å². The molecule has 0 spiro atoms. The number of rotatable bonds is 4. The molecule has 1 heterocycles. The van der Waals surface area contributed by atoms with Crippen molar-refractivity contribution >= 4 is 40.5 Å². The quantitative estimate of drug-likeness (QED) is 0.833. The zero-order valence-electron chi connectivity index (χ0n) is 14.9. The molecule has 1 aliphatic rings. The second kappa shape index (κ2) is 7.48. The minimum Gasteiger partial charge on any atom is -0.312 e. The maximum Gasteiger partial charge on any atom is 0.258 e. The highest BCUT2D eigenvalue weighted by atomic mass is 35.5. The van der Waals surface area contributed by atoms with E-state index in [1.165, 1.54) is 4.90 Å². The van der Waals surface area contributed by atoms with Gasteiger partial charge in [-0.15, -0.1) is 0 Å². The minimum absolute atomic E-state index is 0.391. The van der Waals surface area contributed by atoms with Crippen molar-refractivity contribution in [3.8, 4) is 0 Å². The van der Waals surface area contributed by atoms with Crippen LogP contribution in [0.4, 0.5) is 17.1 Å². The number of amides is 2. The number of nitrogens with two attached hydrogens (primary N) is 1. The van der Waals surface area contributed by atoms with Crippen LogP contribution in [0.15, 0.2) is 48.5 Å². The first-order chi connectivity index (χ1) is 12.4. The highest BCUT2D eigenvalue weighted by Gasteiger charge is 2.38. The van der Waals surface area contributed by atoms with Crippen LogP contribution in [0.5, 0.6) is 0 Å². The lowest BCUT2D eigenvalue weighted by Gasteiger charge is -2.26. The summed E-state index contributed by atoms with van der Waals surface area (Å²) in [6.07, 6.45) is 0.806. The summed E-state index contributed by atoms with van der Waals surface area (Å²) in [5.74, 6) is -0.437. The number of hydrogen-bond acceptors (Lipinski definition) is 3. The summed E-state index contributed by atoms with van der Waals surface area (Å²) in [5, 5.41) is 0.490. The maximum absolute atomic E-state index is 13.0. The fraction of sp³-hybridized carbons (Fsp3) is 0.300. The molecular formula is C20H22ClN3O2. The molecule has 0 bridgehead atoms. The molecule has 0 saturated carbocycles. The molecule has 1 aliphatic heterocycles. The van der Waals surface area contributed by atoms with E-state index in [1.807, 2.05) is 30.3 Å². The largest absolute Gasteiger partial charge is 0.312 e. The molecule has 136 valence electrons. The van der Waals surface area contributed by atoms with Gasteiger partial charge in [0.25, 0.3) is 11.8 Å². The number of benzene rings is 2. The Bertz CT molecular complexity index is 823. The summed E-state index contributed by atoms with van der Waals surface area (Å²) in [4.78, 5) is 29.0. The topological polar surface area (TPSA) is 66.6 Å². The van der Waals surface area contributed by atoms with Gasteiger partial charge in [0.05, 0.1) is 11.4 Å². The monoisotopic (exact) mass is 371 g/mol. The molecule has 1 unspecified atom stereocenters. The van der Waals surface area contributed by atoms with Crippen LogP contribution in [0.25, 0.3) is 0 Å². The fourth-order valence-electron chi connectivity index (χ4n) is 3.02. The maximum atomic E-state index is 13.0. The molecule has 5 nitrogen and oxygen atoms in total. The smallest absolute Gasteiger partial charge is 0.258 e. The van der Waals surface area contributed by atoms with E-state index in [9.17, 15) is 9.59 Å². The number of nitrogens with zero attached hydrogens (tertiary/aromatic N) is 2. The van der Waals surface area contributed by atoms with Crippen LogP contribution in [0.3, 0.4) is 0 Å². The Morgan fingerprint density at radius 1 is 1.04 bits per heavy atom. The summed E-state index contributed by atoms with van der Waals surface area (Å²) >= 11 is 6.21. The predicted octanol–water partition coefficient (Wildman–Crippen LogP) is 3.72. The van der Waals surface area contributed by atoms with E-state index in [2.05, 4.69) is 13.8 Å². The van der Waals surface area contributed by atoms with Crippen molar-refractivity contribution in [1.29, 1.82) is 0 Å². The van der Waals surface area contributed by atoms with Crippen molar-refractivity contribution in [2.45, 2.75) is 26.3 Å². The molecular weight excluding hydrogens is 350 g/mol. The van der Waals surface area contributed by atoms with Crippen molar-refractivity contribution in [2.75, 3.05) is 16.3 Å². The van der Waals surface area contributed by atoms with Gasteiger partial charge in [-0.05, 0) is 42.7 Å². The SMILES string of the molecule is CC(C)CCN1C(=O)C(N)C(=O)N(c2ccccc2)c2cc(Cl)ccc21. The van der Waals surface area contributed by atoms with Crippen molar-refractivity contribution in [2.24, 2.45) is 11.7 Å². The summed E-state index contributed by atoms with van der Waals surface area (Å²) in [7, 11) is 0. The lowest BCUT2D eigenvalue weighted by molar-refractivity contribution is -0.127. The van der Waals surface area contributed by atoms with E-state index in [-0.39, 0.29) is 0 Å². The van der Waals surface area contributed by atoms with Crippen LogP contribution in [-0.4, -0.2) is 24.4 Å². The van der Waals surface area contributed by atoms with Crippen LogP contribution in [-0.2, 0) is 9.59 Å². The van der Waals surface area contributed by atoms with Gasteiger partial charge in [0.2, 0.25) is 0 Å². The second-order valence-corrected chi connectivity index (χ2v) is 7.23. The van der Waals surface area contributed by atoms with Crippen LogP contribution >= 0.6 is 11.6 Å². The molecule has 2 aromatic carbocycles. The van der Waals surface area contributed by atoms with Crippen LogP contribution < -0.4 is 15.5 Å². The molecule has 1 atom stereocenters. The summed E-state index contributed by atoms with van der Waals surface area (Å²) in [6, 6.07) is 13.1. The van der Waals surface area contributed by atoms with Gasteiger partial charge in [0.15, 0.2) is 6.04 Å². The van der Waals surface area contributed by atoms with Crippen LogP contribution in [0, 0.1) is 5.92 Å². The number of hydrogen-bond donors (Lipinski definition) is 1. The number of fused-ring (bicyclic) bond motifs is 1. The zero-order valence-corrected chi connectivity index (χ0v) is 15.6. The Balaban J connectivity index is 2.17. The van der Waals surface area contributed by atoms with E-state index in [4.69, 9.17) is 17.3 Å². The van der Waals surface area contributed by atoms with Crippen LogP contribution in [0.2, 0.25) is 5.02 Å². The van der Waals surface area contributed by atoms with Gasteiger partial charge < -0.3 is 10.6 Å². The van der Waals surface area contributed by atoms with E-state index < -0.39 is 17.9 Å². The molecule has 0 aromatic heterocycles. The van der Waals surface area contributed by atoms with Crippen molar-refractivity contribution < 1.29 is 9.59 Å². The summed E-state index contributed by atoms with van der Waals surface area (Å²) in [5.41, 5.74) is 7.91. The van der Waals surface area contributed by atoms with Crippen molar-refractivity contribution in [3.05, 3.63) is 53.6 Å². The molecule has 2 amide bonds. The molecule has 26 heavy (non-hydrogen) atoms. The molecule has 2 N–H and O–H groups in total. The Labute approximate surface area is 158 Å². The molecule has 0 radical (unpaired) electrons. The third-order valence-electron chi connectivity index (χ3n) is 4.43. The van der Waals surface area contributed by atoms with Gasteiger partial charge in [0, 0.05) is 17.3 Å². The van der Waals surface area contributed by atoms with Gasteiger partial charge in [0.1, 0.15) is 0 Å². The van der Waals surface area contributed by atoms with E-state index in [0.717, 1.165) is 6.42 Å². The average Bonchev–Trinajstić information content (AvgIpc) is 2.69. The molecule has 0 fully saturated rings. The second-order valence-electron chi connectivity index (χ2n) is 6.79. The number of carbonyl (C=O) groups excluding carboxylic acids is 2. The lowest BCUT2D eigenvalue weighted by atomic mass is 10.1. The fourth-order valence-corrected chi connectivity index (χ4v) is 3.18. The Morgan fingerprint density at radius 2 is 1.73 bits per heavy atom. The molecule has 0 aliphatic carbocycles. The predicted molar refractivity (Wildman–Crippen MR) is 105 cm³/mol. The number of carbonyl (C=O) groups is 2. The van der Waals surface area contributed by atoms with E-state index in [0.29, 0.717) is 34.5 Å². The normalized spacial score (nSPS) is 17.5. The van der Waals surface area contributed by atoms with Crippen molar-refractivity contribution in [3.63, 3.8) is 0 Å². The third kappa shape index (κ3) is 3.45. The van der Waals surface area contributed by atoms with Gasteiger partial charge in [-0.3, -0.25) is 14.5 Å². The molecule has 3 rings (SSSR count). The minimum atomic E-state index is -1.26. The highest BCUT2D eigenvalue weighted by Crippen LogP contribution is 2.39.